The van der Waals surface area contributed by atoms with Crippen LogP contribution in [0.15, 0.2) is 36.5 Å². The van der Waals surface area contributed by atoms with E-state index in [0.717, 1.165) is 28.9 Å². The number of rotatable bonds is 2. The minimum atomic E-state index is -0.821. The molecule has 0 radical (unpaired) electrons. The van der Waals surface area contributed by atoms with E-state index in [1.807, 2.05) is 24.3 Å². The number of hydrogen-bond acceptors (Lipinski definition) is 3. The summed E-state index contributed by atoms with van der Waals surface area (Å²) in [5.74, 6) is 0.0564. The molecule has 0 amide bonds. The summed E-state index contributed by atoms with van der Waals surface area (Å²) in [4.78, 5) is 15.2. The van der Waals surface area contributed by atoms with E-state index in [4.69, 9.17) is 9.84 Å². The first-order valence-corrected chi connectivity index (χ1v) is 6.12. The summed E-state index contributed by atoms with van der Waals surface area (Å²) in [5.41, 5.74) is 2.82. The minimum Gasteiger partial charge on any atom is -0.481 e. The van der Waals surface area contributed by atoms with Gasteiger partial charge in [0.25, 0.3) is 0 Å². The third-order valence-corrected chi connectivity index (χ3v) is 3.39. The summed E-state index contributed by atoms with van der Waals surface area (Å²) < 4.78 is 5.71. The number of carboxylic acids is 1. The number of aliphatic carboxylic acids is 1. The van der Waals surface area contributed by atoms with Gasteiger partial charge in [0.1, 0.15) is 5.75 Å². The molecule has 104 valence electrons. The van der Waals surface area contributed by atoms with Crippen LogP contribution in [0.2, 0.25) is 0 Å². The maximum Gasteiger partial charge on any atom is 0.310 e. The molecule has 0 saturated heterocycles. The number of benzene rings is 1. The van der Waals surface area contributed by atoms with Gasteiger partial charge in [0.05, 0.1) is 5.92 Å². The fourth-order valence-corrected chi connectivity index (χ4v) is 2.21. The normalized spacial score (nSPS) is 13.2. The lowest BCUT2D eigenvalue weighted by Gasteiger charge is -2.20. The lowest BCUT2D eigenvalue weighted by molar-refractivity contribution is -0.138. The molecule has 0 spiro atoms. The van der Waals surface area contributed by atoms with E-state index in [2.05, 4.69) is 4.98 Å². The lowest BCUT2D eigenvalue weighted by Crippen LogP contribution is -2.10. The zero-order valence-electron chi connectivity index (χ0n) is 10.9. The molecule has 2 aromatic rings. The number of nitrogens with zero attached hydrogens (tertiary/aromatic N) is 1. The molecule has 20 heavy (non-hydrogen) atoms. The van der Waals surface area contributed by atoms with Crippen LogP contribution in [0.5, 0.6) is 11.6 Å². The number of carbonyl (C=O) groups is 1. The van der Waals surface area contributed by atoms with E-state index in [1.165, 1.54) is 0 Å². The molecule has 0 aliphatic carbocycles. The summed E-state index contributed by atoms with van der Waals surface area (Å²) in [6.07, 6.45) is 2.42. The molecular weight excluding hydrogens is 278 g/mol. The zero-order valence-corrected chi connectivity index (χ0v) is 11.7. The first-order valence-electron chi connectivity index (χ1n) is 6.12. The van der Waals surface area contributed by atoms with Gasteiger partial charge in [0.2, 0.25) is 5.88 Å². The Morgan fingerprint density at radius 2 is 2.15 bits per heavy atom. The molecule has 1 N–H and O–H groups in total. The Morgan fingerprint density at radius 1 is 1.35 bits per heavy atom. The van der Waals surface area contributed by atoms with Gasteiger partial charge < -0.3 is 9.84 Å². The maximum absolute atomic E-state index is 11.0. The van der Waals surface area contributed by atoms with Crippen LogP contribution in [0.4, 0.5) is 0 Å². The van der Waals surface area contributed by atoms with Crippen LogP contribution in [0.3, 0.4) is 0 Å². The highest BCUT2D eigenvalue weighted by atomic mass is 35.5. The molecule has 0 fully saturated rings. The first kappa shape index (κ1) is 14.3. The Bertz CT molecular complexity index is 657. The molecule has 0 bridgehead atoms. The van der Waals surface area contributed by atoms with E-state index in [-0.39, 0.29) is 12.4 Å². The van der Waals surface area contributed by atoms with Gasteiger partial charge >= 0.3 is 5.97 Å². The number of pyridine rings is 1. The average molecular weight is 292 g/mol. The van der Waals surface area contributed by atoms with Crippen LogP contribution in [-0.4, -0.2) is 16.1 Å². The van der Waals surface area contributed by atoms with Crippen molar-refractivity contribution < 1.29 is 14.6 Å². The van der Waals surface area contributed by atoms with Gasteiger partial charge in [0.15, 0.2) is 0 Å². The van der Waals surface area contributed by atoms with Gasteiger partial charge in [0, 0.05) is 18.2 Å². The standard InChI is InChI=1S/C15H13NO3.ClH/c1-9(15(17)18)10-4-5-13-12(7-10)8-11-3-2-6-16-14(11)19-13;/h2-7,9H,8H2,1H3,(H,17,18);1H. The predicted octanol–water partition coefficient (Wildman–Crippen LogP) is 3.39. The number of hydrogen-bond donors (Lipinski definition) is 1. The highest BCUT2D eigenvalue weighted by Crippen LogP contribution is 2.36. The van der Waals surface area contributed by atoms with E-state index in [9.17, 15) is 4.79 Å². The predicted molar refractivity (Wildman–Crippen MR) is 76.9 cm³/mol. The average Bonchev–Trinajstić information content (AvgIpc) is 2.43. The smallest absolute Gasteiger partial charge is 0.310 e. The summed E-state index contributed by atoms with van der Waals surface area (Å²) in [7, 11) is 0. The van der Waals surface area contributed by atoms with Gasteiger partial charge in [-0.2, -0.15) is 0 Å². The van der Waals surface area contributed by atoms with Gasteiger partial charge in [-0.15, -0.1) is 12.4 Å². The van der Waals surface area contributed by atoms with Gasteiger partial charge in [-0.05, 0) is 30.2 Å². The Hall–Kier alpha value is -2.07. The van der Waals surface area contributed by atoms with Gasteiger partial charge in [-0.3, -0.25) is 4.79 Å². The maximum atomic E-state index is 11.0. The van der Waals surface area contributed by atoms with Crippen LogP contribution in [0.1, 0.15) is 29.5 Å². The van der Waals surface area contributed by atoms with Crippen LogP contribution in [0.25, 0.3) is 0 Å². The Balaban J connectivity index is 0.00000147. The number of ether oxygens (including phenoxy) is 1. The van der Waals surface area contributed by atoms with Gasteiger partial charge in [-0.25, -0.2) is 4.98 Å². The number of aromatic nitrogens is 1. The zero-order chi connectivity index (χ0) is 13.4. The second-order valence-electron chi connectivity index (χ2n) is 4.67. The quantitative estimate of drug-likeness (QED) is 0.786. The molecule has 0 saturated carbocycles. The molecule has 4 nitrogen and oxygen atoms in total. The molecule has 3 rings (SSSR count). The molecular formula is C15H14ClNO3. The molecule has 1 aliphatic rings. The van der Waals surface area contributed by atoms with Crippen LogP contribution in [-0.2, 0) is 11.2 Å². The Labute approximate surface area is 122 Å². The fraction of sp³-hybridized carbons (Fsp3) is 0.200. The van der Waals surface area contributed by atoms with E-state index < -0.39 is 11.9 Å². The molecule has 5 heteroatoms. The summed E-state index contributed by atoms with van der Waals surface area (Å²) in [5, 5.41) is 9.06. The van der Waals surface area contributed by atoms with Crippen molar-refractivity contribution in [3.63, 3.8) is 0 Å². The van der Waals surface area contributed by atoms with Crippen LogP contribution >= 0.6 is 12.4 Å². The van der Waals surface area contributed by atoms with E-state index in [0.29, 0.717) is 5.88 Å². The SMILES string of the molecule is CC(C(=O)O)c1ccc2c(c1)Cc1cccnc1O2.Cl. The van der Waals surface area contributed by atoms with Crippen LogP contribution < -0.4 is 4.74 Å². The number of fused-ring (bicyclic) bond motifs is 2. The van der Waals surface area contributed by atoms with Crippen LogP contribution in [0, 0.1) is 0 Å². The first-order chi connectivity index (χ1) is 9.15. The number of halogens is 1. The minimum absolute atomic E-state index is 0. The third-order valence-electron chi connectivity index (χ3n) is 3.39. The summed E-state index contributed by atoms with van der Waals surface area (Å²) in [6, 6.07) is 9.37. The fourth-order valence-electron chi connectivity index (χ4n) is 2.21. The molecule has 1 aliphatic heterocycles. The van der Waals surface area contributed by atoms with Crippen molar-refractivity contribution in [3.8, 4) is 11.6 Å². The van der Waals surface area contributed by atoms with E-state index >= 15 is 0 Å². The van der Waals surface area contributed by atoms with Gasteiger partial charge in [-0.1, -0.05) is 18.2 Å². The largest absolute Gasteiger partial charge is 0.481 e. The third kappa shape index (κ3) is 2.47. The van der Waals surface area contributed by atoms with E-state index in [1.54, 1.807) is 19.2 Å². The monoisotopic (exact) mass is 291 g/mol. The summed E-state index contributed by atoms with van der Waals surface area (Å²) >= 11 is 0. The molecule has 1 unspecified atom stereocenters. The molecule has 1 aromatic heterocycles. The van der Waals surface area contributed by atoms with Crippen molar-refractivity contribution in [1.29, 1.82) is 0 Å². The second-order valence-corrected chi connectivity index (χ2v) is 4.67. The highest BCUT2D eigenvalue weighted by molar-refractivity contribution is 5.85. The highest BCUT2D eigenvalue weighted by Gasteiger charge is 2.20. The number of carboxylic acid groups (broad SMARTS) is 1. The summed E-state index contributed by atoms with van der Waals surface area (Å²) in [6.45, 7) is 1.68. The van der Waals surface area contributed by atoms with Crippen molar-refractivity contribution in [1.82, 2.24) is 4.98 Å². The molecule has 2 heterocycles. The second kappa shape index (κ2) is 5.51. The molecule has 1 aromatic carbocycles. The topological polar surface area (TPSA) is 59.4 Å². The van der Waals surface area contributed by atoms with Crippen molar-refractivity contribution in [2.75, 3.05) is 0 Å². The van der Waals surface area contributed by atoms with Crippen molar-refractivity contribution in [2.45, 2.75) is 19.3 Å². The Morgan fingerprint density at radius 3 is 2.90 bits per heavy atom. The van der Waals surface area contributed by atoms with Crippen molar-refractivity contribution >= 4 is 18.4 Å². The van der Waals surface area contributed by atoms with Crippen molar-refractivity contribution in [3.05, 3.63) is 53.2 Å². The lowest BCUT2D eigenvalue weighted by atomic mass is 9.95. The van der Waals surface area contributed by atoms with Crippen molar-refractivity contribution in [2.24, 2.45) is 0 Å². The Kier molecular flexibility index (Phi) is 3.95. The molecule has 1 atom stereocenters.